The third-order valence-electron chi connectivity index (χ3n) is 4.71. The summed E-state index contributed by atoms with van der Waals surface area (Å²) in [6.07, 6.45) is 5.78. The molecular formula is C16H17BrN2O. The van der Waals surface area contributed by atoms with Gasteiger partial charge in [-0.25, -0.2) is 0 Å². The first-order valence-electron chi connectivity index (χ1n) is 7.15. The zero-order chi connectivity index (χ0) is 14.1. The lowest BCUT2D eigenvalue weighted by Crippen LogP contribution is -2.20. The number of carbonyl (C=O) groups excluding carboxylic acids is 1. The van der Waals surface area contributed by atoms with Crippen LogP contribution in [0.5, 0.6) is 0 Å². The van der Waals surface area contributed by atoms with E-state index in [0.29, 0.717) is 23.6 Å². The molecule has 2 saturated carbocycles. The Balaban J connectivity index is 1.63. The van der Waals surface area contributed by atoms with Crippen LogP contribution in [0.3, 0.4) is 0 Å². The van der Waals surface area contributed by atoms with Crippen molar-refractivity contribution in [2.45, 2.75) is 32.1 Å². The number of benzene rings is 1. The number of nitrogens with zero attached hydrogens (tertiary/aromatic N) is 1. The molecule has 3 unspecified atom stereocenters. The van der Waals surface area contributed by atoms with Crippen LogP contribution in [0.2, 0.25) is 0 Å². The van der Waals surface area contributed by atoms with Gasteiger partial charge in [0, 0.05) is 10.9 Å². The normalized spacial score (nSPS) is 27.3. The van der Waals surface area contributed by atoms with Gasteiger partial charge in [-0.3, -0.25) is 4.79 Å². The largest absolute Gasteiger partial charge is 0.325 e. The quantitative estimate of drug-likeness (QED) is 0.906. The SMILES string of the molecule is N#Cc1cc(Br)ccc1NC(=O)CC1CC2CCC1C2. The number of rotatable bonds is 3. The summed E-state index contributed by atoms with van der Waals surface area (Å²) in [5.74, 6) is 2.21. The van der Waals surface area contributed by atoms with Gasteiger partial charge in [-0.1, -0.05) is 22.4 Å². The van der Waals surface area contributed by atoms with Crippen molar-refractivity contribution in [1.29, 1.82) is 5.26 Å². The number of nitriles is 1. The molecule has 1 N–H and O–H groups in total. The lowest BCUT2D eigenvalue weighted by Gasteiger charge is -2.21. The average Bonchev–Trinajstić information content (AvgIpc) is 3.03. The van der Waals surface area contributed by atoms with E-state index in [-0.39, 0.29) is 5.91 Å². The van der Waals surface area contributed by atoms with Crippen LogP contribution in [0.15, 0.2) is 22.7 Å². The summed E-state index contributed by atoms with van der Waals surface area (Å²) in [5.41, 5.74) is 1.12. The Bertz CT molecular complexity index is 578. The van der Waals surface area contributed by atoms with Crippen molar-refractivity contribution < 1.29 is 4.79 Å². The maximum Gasteiger partial charge on any atom is 0.224 e. The van der Waals surface area contributed by atoms with E-state index in [0.717, 1.165) is 16.3 Å². The van der Waals surface area contributed by atoms with E-state index in [2.05, 4.69) is 27.3 Å². The molecule has 2 bridgehead atoms. The fourth-order valence-electron chi connectivity index (χ4n) is 3.78. The molecule has 4 heteroatoms. The Hall–Kier alpha value is -1.34. The molecule has 0 heterocycles. The number of hydrogen-bond acceptors (Lipinski definition) is 2. The van der Waals surface area contributed by atoms with Crippen LogP contribution >= 0.6 is 15.9 Å². The minimum Gasteiger partial charge on any atom is -0.325 e. The molecule has 3 rings (SSSR count). The summed E-state index contributed by atoms with van der Waals surface area (Å²) in [6.45, 7) is 0. The highest BCUT2D eigenvalue weighted by Gasteiger charge is 2.40. The van der Waals surface area contributed by atoms with Gasteiger partial charge in [0.25, 0.3) is 0 Å². The van der Waals surface area contributed by atoms with Crippen molar-refractivity contribution in [3.05, 3.63) is 28.2 Å². The maximum absolute atomic E-state index is 12.2. The predicted molar refractivity (Wildman–Crippen MR) is 81.0 cm³/mol. The van der Waals surface area contributed by atoms with Gasteiger partial charge in [0.05, 0.1) is 11.3 Å². The van der Waals surface area contributed by atoms with E-state index in [4.69, 9.17) is 5.26 Å². The smallest absolute Gasteiger partial charge is 0.224 e. The topological polar surface area (TPSA) is 52.9 Å². The molecule has 2 aliphatic rings. The second-order valence-corrected chi connectivity index (χ2v) is 6.90. The molecule has 3 nitrogen and oxygen atoms in total. The highest BCUT2D eigenvalue weighted by molar-refractivity contribution is 9.10. The Morgan fingerprint density at radius 2 is 2.25 bits per heavy atom. The summed E-state index contributed by atoms with van der Waals surface area (Å²) in [6, 6.07) is 7.47. The molecule has 0 radical (unpaired) electrons. The second-order valence-electron chi connectivity index (χ2n) is 5.99. The Labute approximate surface area is 127 Å². The summed E-state index contributed by atoms with van der Waals surface area (Å²) >= 11 is 3.33. The van der Waals surface area contributed by atoms with Gasteiger partial charge in [-0.2, -0.15) is 5.26 Å². The van der Waals surface area contributed by atoms with Crippen molar-refractivity contribution in [3.8, 4) is 6.07 Å². The van der Waals surface area contributed by atoms with Crippen molar-refractivity contribution in [1.82, 2.24) is 0 Å². The number of fused-ring (bicyclic) bond motifs is 2. The first-order chi connectivity index (χ1) is 9.65. The van der Waals surface area contributed by atoms with Crippen molar-refractivity contribution in [2.75, 3.05) is 5.32 Å². The highest BCUT2D eigenvalue weighted by Crippen LogP contribution is 2.49. The monoisotopic (exact) mass is 332 g/mol. The predicted octanol–water partition coefficient (Wildman–Crippen LogP) is 4.09. The van der Waals surface area contributed by atoms with Gasteiger partial charge in [0.15, 0.2) is 0 Å². The van der Waals surface area contributed by atoms with E-state index in [1.54, 1.807) is 12.1 Å². The highest BCUT2D eigenvalue weighted by atomic mass is 79.9. The molecule has 2 fully saturated rings. The lowest BCUT2D eigenvalue weighted by atomic mass is 9.86. The molecule has 0 aromatic heterocycles. The standard InChI is InChI=1S/C16H17BrN2O/c17-14-3-4-15(13(7-14)9-18)19-16(20)8-12-6-10-1-2-11(12)5-10/h3-4,7,10-12H,1-2,5-6,8H2,(H,19,20). The van der Waals surface area contributed by atoms with Crippen molar-refractivity contribution in [2.24, 2.45) is 17.8 Å². The van der Waals surface area contributed by atoms with Crippen LogP contribution in [-0.4, -0.2) is 5.91 Å². The van der Waals surface area contributed by atoms with Crippen LogP contribution < -0.4 is 5.32 Å². The maximum atomic E-state index is 12.2. The fourth-order valence-corrected chi connectivity index (χ4v) is 4.14. The number of hydrogen-bond donors (Lipinski definition) is 1. The van der Waals surface area contributed by atoms with E-state index in [1.807, 2.05) is 6.07 Å². The third-order valence-corrected chi connectivity index (χ3v) is 5.20. The van der Waals surface area contributed by atoms with E-state index < -0.39 is 0 Å². The van der Waals surface area contributed by atoms with Gasteiger partial charge in [0.2, 0.25) is 5.91 Å². The van der Waals surface area contributed by atoms with Crippen LogP contribution in [0.1, 0.15) is 37.7 Å². The first kappa shape index (κ1) is 13.6. The molecule has 104 valence electrons. The number of anilines is 1. The lowest BCUT2D eigenvalue weighted by molar-refractivity contribution is -0.117. The van der Waals surface area contributed by atoms with E-state index >= 15 is 0 Å². The number of nitrogens with one attached hydrogen (secondary N) is 1. The van der Waals surface area contributed by atoms with Crippen LogP contribution in [0.4, 0.5) is 5.69 Å². The summed E-state index contributed by atoms with van der Waals surface area (Å²) in [7, 11) is 0. The average molecular weight is 333 g/mol. The molecule has 0 spiro atoms. The zero-order valence-electron chi connectivity index (χ0n) is 11.2. The Morgan fingerprint density at radius 1 is 1.40 bits per heavy atom. The molecular weight excluding hydrogens is 316 g/mol. The molecule has 20 heavy (non-hydrogen) atoms. The van der Waals surface area contributed by atoms with Crippen LogP contribution in [0.25, 0.3) is 0 Å². The molecule has 1 aromatic carbocycles. The van der Waals surface area contributed by atoms with Gasteiger partial charge in [-0.15, -0.1) is 0 Å². The summed E-state index contributed by atoms with van der Waals surface area (Å²) in [5, 5.41) is 12.0. The third kappa shape index (κ3) is 2.73. The molecule has 2 aliphatic carbocycles. The van der Waals surface area contributed by atoms with Gasteiger partial charge >= 0.3 is 0 Å². The van der Waals surface area contributed by atoms with E-state index in [1.165, 1.54) is 25.7 Å². The first-order valence-corrected chi connectivity index (χ1v) is 7.94. The Kier molecular flexibility index (Phi) is 3.80. The number of carbonyl (C=O) groups is 1. The minimum absolute atomic E-state index is 0.0429. The van der Waals surface area contributed by atoms with Gasteiger partial charge in [0.1, 0.15) is 6.07 Å². The molecule has 3 atom stereocenters. The summed E-state index contributed by atoms with van der Waals surface area (Å²) < 4.78 is 0.847. The van der Waals surface area contributed by atoms with Crippen molar-refractivity contribution >= 4 is 27.5 Å². The van der Waals surface area contributed by atoms with Gasteiger partial charge in [-0.05, 0) is 55.2 Å². The van der Waals surface area contributed by atoms with Gasteiger partial charge < -0.3 is 5.32 Å². The number of halogens is 1. The minimum atomic E-state index is 0.0429. The number of amides is 1. The van der Waals surface area contributed by atoms with E-state index in [9.17, 15) is 4.79 Å². The fraction of sp³-hybridized carbons (Fsp3) is 0.500. The molecule has 1 aromatic rings. The second kappa shape index (κ2) is 5.57. The molecule has 0 saturated heterocycles. The Morgan fingerprint density at radius 3 is 2.90 bits per heavy atom. The van der Waals surface area contributed by atoms with Crippen molar-refractivity contribution in [3.63, 3.8) is 0 Å². The molecule has 0 aliphatic heterocycles. The zero-order valence-corrected chi connectivity index (χ0v) is 12.8. The summed E-state index contributed by atoms with van der Waals surface area (Å²) in [4.78, 5) is 12.2. The van der Waals surface area contributed by atoms with Crippen LogP contribution in [-0.2, 0) is 4.79 Å². The molecule has 1 amide bonds. The van der Waals surface area contributed by atoms with Crippen LogP contribution in [0, 0.1) is 29.1 Å².